The Morgan fingerprint density at radius 3 is 2.40 bits per heavy atom. The van der Waals surface area contributed by atoms with Gasteiger partial charge in [0.15, 0.2) is 5.75 Å². The number of ether oxygens (including phenoxy) is 2. The molecule has 2 aromatic carbocycles. The van der Waals surface area contributed by atoms with Crippen LogP contribution in [0.5, 0.6) is 5.75 Å². The predicted molar refractivity (Wildman–Crippen MR) is 154 cm³/mol. The van der Waals surface area contributed by atoms with Gasteiger partial charge in [0.25, 0.3) is 5.91 Å². The monoisotopic (exact) mass is 558 g/mol. The fraction of sp³-hybridized carbons (Fsp3) is 0.200. The fourth-order valence-corrected chi connectivity index (χ4v) is 4.29. The van der Waals surface area contributed by atoms with Gasteiger partial charge in [0.1, 0.15) is 6.61 Å². The number of rotatable bonds is 8. The van der Waals surface area contributed by atoms with Gasteiger partial charge in [-0.05, 0) is 79.7 Å². The van der Waals surface area contributed by atoms with Crippen LogP contribution in [0.15, 0.2) is 84.5 Å². The lowest BCUT2D eigenvalue weighted by Gasteiger charge is -2.20. The van der Waals surface area contributed by atoms with Crippen molar-refractivity contribution in [2.45, 2.75) is 39.5 Å². The Labute approximate surface area is 236 Å². The number of carbonyl (C=O) groups excluding carboxylic acids is 3. The molecule has 2 aromatic heterocycles. The Kier molecular flexibility index (Phi) is 9.13. The standard InChI is InChI=1S/C30H30N4O5S/c1-30(2,3)34-29(37)39-25-13-12-23(26-7-5-15-40-26)16-24(25)33-27(35)22-10-8-20(9-11-22)18-32-28(36)38-19-21-6-4-14-31-17-21/h4-17H,18-19H2,1-3H3,(H,32,36)(H,33,35)(H,34,37). The van der Waals surface area contributed by atoms with E-state index in [9.17, 15) is 14.4 Å². The lowest BCUT2D eigenvalue weighted by atomic mass is 10.1. The second kappa shape index (κ2) is 12.9. The van der Waals surface area contributed by atoms with Gasteiger partial charge in [-0.3, -0.25) is 9.78 Å². The first kappa shape index (κ1) is 28.3. The molecule has 4 rings (SSSR count). The number of nitrogens with zero attached hydrogens (tertiary/aromatic N) is 1. The van der Waals surface area contributed by atoms with Crippen molar-refractivity contribution in [3.8, 4) is 16.2 Å². The van der Waals surface area contributed by atoms with Gasteiger partial charge in [0, 0.05) is 40.5 Å². The van der Waals surface area contributed by atoms with E-state index in [-0.39, 0.29) is 24.8 Å². The molecular weight excluding hydrogens is 528 g/mol. The van der Waals surface area contributed by atoms with Crippen LogP contribution in [0.1, 0.15) is 42.3 Å². The fourth-order valence-electron chi connectivity index (χ4n) is 3.57. The normalized spacial score (nSPS) is 10.9. The highest BCUT2D eigenvalue weighted by atomic mass is 32.1. The number of carbonyl (C=O) groups is 3. The highest BCUT2D eigenvalue weighted by Crippen LogP contribution is 2.33. The molecule has 0 aliphatic rings. The molecule has 0 radical (unpaired) electrons. The van der Waals surface area contributed by atoms with Crippen molar-refractivity contribution in [3.05, 3.63) is 101 Å². The number of nitrogens with one attached hydrogen (secondary N) is 3. The van der Waals surface area contributed by atoms with Gasteiger partial charge in [-0.15, -0.1) is 11.3 Å². The maximum Gasteiger partial charge on any atom is 0.413 e. The molecule has 4 aromatic rings. The number of thiophene rings is 1. The molecule has 0 bridgehead atoms. The van der Waals surface area contributed by atoms with E-state index in [1.165, 1.54) is 0 Å². The van der Waals surface area contributed by atoms with Crippen LogP contribution < -0.4 is 20.7 Å². The molecule has 206 valence electrons. The quantitative estimate of drug-likeness (QED) is 0.231. The maximum atomic E-state index is 13.1. The summed E-state index contributed by atoms with van der Waals surface area (Å²) in [7, 11) is 0. The van der Waals surface area contributed by atoms with Crippen LogP contribution in [0.3, 0.4) is 0 Å². The van der Waals surface area contributed by atoms with E-state index in [0.29, 0.717) is 11.3 Å². The van der Waals surface area contributed by atoms with E-state index in [1.54, 1.807) is 66.2 Å². The van der Waals surface area contributed by atoms with E-state index in [1.807, 2.05) is 50.4 Å². The molecule has 0 aliphatic heterocycles. The molecule has 0 saturated heterocycles. The van der Waals surface area contributed by atoms with Crippen LogP contribution in [0, 0.1) is 0 Å². The van der Waals surface area contributed by atoms with Crippen LogP contribution in [0.2, 0.25) is 0 Å². The minimum absolute atomic E-state index is 0.121. The van der Waals surface area contributed by atoms with Crippen LogP contribution in [-0.4, -0.2) is 28.6 Å². The third-order valence-corrected chi connectivity index (χ3v) is 6.38. The van der Waals surface area contributed by atoms with Gasteiger partial charge < -0.3 is 25.4 Å². The second-order valence-electron chi connectivity index (χ2n) is 9.89. The topological polar surface area (TPSA) is 119 Å². The number of pyridine rings is 1. The number of hydrogen-bond donors (Lipinski definition) is 3. The highest BCUT2D eigenvalue weighted by Gasteiger charge is 2.19. The van der Waals surface area contributed by atoms with Gasteiger partial charge in [0.05, 0.1) is 5.69 Å². The lowest BCUT2D eigenvalue weighted by Crippen LogP contribution is -2.42. The lowest BCUT2D eigenvalue weighted by molar-refractivity contribution is 0.102. The number of benzene rings is 2. The molecule has 3 amide bonds. The van der Waals surface area contributed by atoms with Crippen LogP contribution in [-0.2, 0) is 17.9 Å². The Bertz CT molecular complexity index is 1450. The summed E-state index contributed by atoms with van der Waals surface area (Å²) < 4.78 is 10.7. The molecule has 40 heavy (non-hydrogen) atoms. The van der Waals surface area contributed by atoms with E-state index < -0.39 is 17.7 Å². The number of anilines is 1. The third kappa shape index (κ3) is 8.40. The third-order valence-electron chi connectivity index (χ3n) is 5.46. The SMILES string of the molecule is CC(C)(C)NC(=O)Oc1ccc(-c2cccs2)cc1NC(=O)c1ccc(CNC(=O)OCc2cccnc2)cc1. The summed E-state index contributed by atoms with van der Waals surface area (Å²) in [6.45, 7) is 5.90. The first-order valence-electron chi connectivity index (χ1n) is 12.5. The summed E-state index contributed by atoms with van der Waals surface area (Å²) in [5, 5.41) is 10.3. The molecule has 0 spiro atoms. The molecule has 10 heteroatoms. The number of amides is 3. The number of hydrogen-bond acceptors (Lipinski definition) is 7. The van der Waals surface area contributed by atoms with Crippen molar-refractivity contribution in [1.82, 2.24) is 15.6 Å². The second-order valence-corrected chi connectivity index (χ2v) is 10.8. The van der Waals surface area contributed by atoms with Crippen LogP contribution in [0.25, 0.3) is 10.4 Å². The summed E-state index contributed by atoms with van der Waals surface area (Å²) in [4.78, 5) is 42.5. The van der Waals surface area contributed by atoms with E-state index >= 15 is 0 Å². The van der Waals surface area contributed by atoms with Gasteiger partial charge in [0.2, 0.25) is 0 Å². The molecule has 0 saturated carbocycles. The minimum atomic E-state index is -0.623. The number of aromatic nitrogens is 1. The van der Waals surface area contributed by atoms with E-state index in [2.05, 4.69) is 20.9 Å². The summed E-state index contributed by atoms with van der Waals surface area (Å²) in [6.07, 6.45) is 2.10. The molecule has 0 aliphatic carbocycles. The molecule has 0 unspecified atom stereocenters. The largest absolute Gasteiger partial charge is 0.445 e. The number of alkyl carbamates (subject to hydrolysis) is 1. The summed E-state index contributed by atoms with van der Waals surface area (Å²) >= 11 is 1.56. The average Bonchev–Trinajstić information content (AvgIpc) is 3.47. The predicted octanol–water partition coefficient (Wildman–Crippen LogP) is 6.38. The zero-order valence-corrected chi connectivity index (χ0v) is 23.2. The Balaban J connectivity index is 1.40. The molecule has 2 heterocycles. The first-order valence-corrected chi connectivity index (χ1v) is 13.4. The average molecular weight is 559 g/mol. The molecule has 3 N–H and O–H groups in total. The van der Waals surface area contributed by atoms with Crippen molar-refractivity contribution in [2.75, 3.05) is 5.32 Å². The van der Waals surface area contributed by atoms with E-state index in [0.717, 1.165) is 21.6 Å². The summed E-state index contributed by atoms with van der Waals surface area (Å²) in [5.41, 5.74) is 2.74. The Morgan fingerprint density at radius 2 is 1.73 bits per heavy atom. The Hall–Kier alpha value is -4.70. The maximum absolute atomic E-state index is 13.1. The van der Waals surface area contributed by atoms with Crippen molar-refractivity contribution in [3.63, 3.8) is 0 Å². The summed E-state index contributed by atoms with van der Waals surface area (Å²) in [6, 6.07) is 19.6. The minimum Gasteiger partial charge on any atom is -0.445 e. The van der Waals surface area contributed by atoms with Crippen molar-refractivity contribution < 1.29 is 23.9 Å². The van der Waals surface area contributed by atoms with Crippen LogP contribution >= 0.6 is 11.3 Å². The van der Waals surface area contributed by atoms with E-state index in [4.69, 9.17) is 9.47 Å². The first-order chi connectivity index (χ1) is 19.2. The zero-order valence-electron chi connectivity index (χ0n) is 22.4. The molecular formula is C30H30N4O5S. The van der Waals surface area contributed by atoms with Gasteiger partial charge in [-0.1, -0.05) is 24.3 Å². The molecule has 0 fully saturated rings. The molecule has 9 nitrogen and oxygen atoms in total. The highest BCUT2D eigenvalue weighted by molar-refractivity contribution is 7.13. The Morgan fingerprint density at radius 1 is 0.925 bits per heavy atom. The van der Waals surface area contributed by atoms with Gasteiger partial charge in [-0.2, -0.15) is 0 Å². The smallest absolute Gasteiger partial charge is 0.413 e. The zero-order chi connectivity index (χ0) is 28.5. The van der Waals surface area contributed by atoms with Crippen molar-refractivity contribution >= 4 is 35.1 Å². The van der Waals surface area contributed by atoms with Gasteiger partial charge in [-0.25, -0.2) is 9.59 Å². The van der Waals surface area contributed by atoms with Gasteiger partial charge >= 0.3 is 12.2 Å². The molecule has 0 atom stereocenters. The summed E-state index contributed by atoms with van der Waals surface area (Å²) in [5.74, 6) is -0.152. The van der Waals surface area contributed by atoms with Crippen molar-refractivity contribution in [2.24, 2.45) is 0 Å². The van der Waals surface area contributed by atoms with Crippen LogP contribution in [0.4, 0.5) is 15.3 Å². The van der Waals surface area contributed by atoms with Crippen molar-refractivity contribution in [1.29, 1.82) is 0 Å².